The van der Waals surface area contributed by atoms with Gasteiger partial charge in [0.2, 0.25) is 0 Å². The van der Waals surface area contributed by atoms with Crippen LogP contribution in [0.15, 0.2) is 104 Å². The zero-order valence-electron chi connectivity index (χ0n) is 35.1. The van der Waals surface area contributed by atoms with Crippen molar-refractivity contribution >= 4 is 11.4 Å². The number of nitrogens with zero attached hydrogens (tertiary/aromatic N) is 5. The van der Waals surface area contributed by atoms with E-state index in [1.54, 1.807) is 0 Å². The molecule has 0 aliphatic heterocycles. The molecule has 2 N–H and O–H groups in total. The Labute approximate surface area is 381 Å². The summed E-state index contributed by atoms with van der Waals surface area (Å²) in [5.74, 6) is -0.243. The summed E-state index contributed by atoms with van der Waals surface area (Å²) in [6, 6.07) is 15.6. The number of ether oxygens (including phenoxy) is 2. The van der Waals surface area contributed by atoms with Crippen molar-refractivity contribution in [3.8, 4) is 22.9 Å². The Morgan fingerprint density at radius 1 is 0.580 bits per heavy atom. The average Bonchev–Trinajstić information content (AvgIpc) is 3.23. The first-order valence-electron chi connectivity index (χ1n) is 18.9. The van der Waals surface area contributed by atoms with Crippen LogP contribution in [0.4, 0.5) is 64.1 Å². The van der Waals surface area contributed by atoms with Gasteiger partial charge < -0.3 is 15.2 Å². The fourth-order valence-corrected chi connectivity index (χ4v) is 6.86. The molecule has 4 aromatic carbocycles. The van der Waals surface area contributed by atoms with Crippen molar-refractivity contribution < 1.29 is 68.5 Å². The first-order valence-corrected chi connectivity index (χ1v) is 18.9. The van der Waals surface area contributed by atoms with Crippen LogP contribution in [-0.2, 0) is 52.0 Å². The third-order valence-electron chi connectivity index (χ3n) is 9.98. The first kappa shape index (κ1) is 53.8. The van der Waals surface area contributed by atoms with Crippen LogP contribution < -0.4 is 37.7 Å². The van der Waals surface area contributed by atoms with Crippen molar-refractivity contribution in [3.63, 3.8) is 0 Å². The molecular weight excluding hydrogens is 956 g/mol. The smallest absolute Gasteiger partial charge is 0.432 e. The Morgan fingerprint density at radius 3 is 1.30 bits per heavy atom. The third kappa shape index (κ3) is 11.3. The van der Waals surface area contributed by atoms with Gasteiger partial charge in [0.15, 0.2) is 0 Å². The molecule has 2 heterocycles. The molecule has 0 fully saturated rings. The monoisotopic (exact) mass is 994 g/mol. The molecule has 0 radical (unpaired) electrons. The third-order valence-corrected chi connectivity index (χ3v) is 9.98. The number of nitrogen functional groups attached to an aromatic ring is 1. The molecule has 69 heavy (non-hydrogen) atoms. The van der Waals surface area contributed by atoms with Crippen LogP contribution in [0.25, 0.3) is 11.4 Å². The van der Waals surface area contributed by atoms with E-state index in [2.05, 4.69) is 0 Å². The fourth-order valence-electron chi connectivity index (χ4n) is 6.86. The number of nitro groups is 1. The van der Waals surface area contributed by atoms with Gasteiger partial charge in [0, 0.05) is 43.8 Å². The number of anilines is 1. The van der Waals surface area contributed by atoms with Gasteiger partial charge in [0.05, 0.1) is 33.5 Å². The maximum Gasteiger partial charge on any atom is 0.432 e. The molecular formula is C43H38F12N6O8. The molecule has 6 rings (SSSR count). The first-order chi connectivity index (χ1) is 31.4. The Balaban J connectivity index is 0.000000361. The van der Waals surface area contributed by atoms with E-state index in [-0.39, 0.29) is 52.0 Å². The van der Waals surface area contributed by atoms with Crippen LogP contribution >= 0.6 is 0 Å². The number of aromatic nitrogens is 4. The number of alkyl halides is 12. The highest BCUT2D eigenvalue weighted by molar-refractivity contribution is 5.61. The predicted molar refractivity (Wildman–Crippen MR) is 226 cm³/mol. The molecule has 0 unspecified atom stereocenters. The van der Waals surface area contributed by atoms with Crippen LogP contribution in [0.1, 0.15) is 53.6 Å². The van der Waals surface area contributed by atoms with Crippen LogP contribution in [0.2, 0.25) is 0 Å². The van der Waals surface area contributed by atoms with Crippen molar-refractivity contribution in [1.29, 1.82) is 0 Å². The summed E-state index contributed by atoms with van der Waals surface area (Å²) < 4.78 is 170. The lowest BCUT2D eigenvalue weighted by molar-refractivity contribution is -0.384. The predicted octanol–water partition coefficient (Wildman–Crippen LogP) is 9.29. The molecule has 0 bridgehead atoms. The van der Waals surface area contributed by atoms with Gasteiger partial charge in [-0.05, 0) is 50.2 Å². The minimum absolute atomic E-state index is 0. The SMILES string of the molecule is C.Cc1c(C(F)(F)F)n(C)c(=O)n(-c2ccc(OCc3ccccc3C(F)(F)F)cc2N)c1=O.Cc1c(C(F)(F)F)n(C)c(=O)n(-c2ccc(OCc3ccccc3C(F)(F)F)cc2[N+](=O)[O-])c1=O.[HH]. The standard InChI is InChI=1S/C21H15F6N3O5.C21H17F6N3O3.CH4.H2/c1-11-17(21(25,26)27)28(2)19(32)29(18(11)31)15-8-7-13(9-16(15)30(33)34)35-10-12-5-3-4-6-14(12)20(22,23)24;1-11-17(21(25,26)27)29(2)19(32)30(18(11)31)16-8-7-13(9-15(16)28)33-10-12-5-3-4-6-14(12)20(22,23)24;;/h3-9H,10H2,1-2H3;3-9H,10,28H2,1-2H3;1H4;1H. The number of nitro benzene ring substituents is 1. The van der Waals surface area contributed by atoms with Gasteiger partial charge in [0.1, 0.15) is 41.8 Å². The van der Waals surface area contributed by atoms with Crippen molar-refractivity contribution in [2.24, 2.45) is 14.1 Å². The lowest BCUT2D eigenvalue weighted by atomic mass is 10.1. The normalized spacial score (nSPS) is 11.9. The Kier molecular flexibility index (Phi) is 15.4. The summed E-state index contributed by atoms with van der Waals surface area (Å²) in [6.45, 7) is 0.693. The van der Waals surface area contributed by atoms with Crippen molar-refractivity contribution in [3.05, 3.63) is 181 Å². The summed E-state index contributed by atoms with van der Waals surface area (Å²) in [7, 11) is 1.63. The minimum atomic E-state index is -5.04. The summed E-state index contributed by atoms with van der Waals surface area (Å²) in [5, 5.41) is 11.6. The average molecular weight is 995 g/mol. The van der Waals surface area contributed by atoms with E-state index in [0.29, 0.717) is 9.13 Å². The van der Waals surface area contributed by atoms with Gasteiger partial charge in [0.25, 0.3) is 16.8 Å². The van der Waals surface area contributed by atoms with E-state index < -0.39 is 110 Å². The molecule has 14 nitrogen and oxygen atoms in total. The Hall–Kier alpha value is -7.80. The van der Waals surface area contributed by atoms with Crippen LogP contribution in [0.5, 0.6) is 11.5 Å². The lowest BCUT2D eigenvalue weighted by Crippen LogP contribution is -2.43. The number of rotatable bonds is 9. The number of benzene rings is 4. The second-order valence-corrected chi connectivity index (χ2v) is 14.4. The largest absolute Gasteiger partial charge is 0.489 e. The summed E-state index contributed by atoms with van der Waals surface area (Å²) in [6.07, 6.45) is -19.2. The van der Waals surface area contributed by atoms with Gasteiger partial charge in [-0.25, -0.2) is 18.7 Å². The van der Waals surface area contributed by atoms with Gasteiger partial charge in [-0.2, -0.15) is 52.7 Å². The van der Waals surface area contributed by atoms with Crippen LogP contribution in [-0.4, -0.2) is 23.2 Å². The second kappa shape index (κ2) is 19.8. The molecule has 0 saturated heterocycles. The second-order valence-electron chi connectivity index (χ2n) is 14.4. The van der Waals surface area contributed by atoms with Gasteiger partial charge in [-0.15, -0.1) is 0 Å². The molecule has 372 valence electrons. The number of hydrogen-bond acceptors (Lipinski definition) is 9. The van der Waals surface area contributed by atoms with E-state index >= 15 is 0 Å². The van der Waals surface area contributed by atoms with Crippen molar-refractivity contribution in [1.82, 2.24) is 18.3 Å². The summed E-state index contributed by atoms with van der Waals surface area (Å²) >= 11 is 0. The molecule has 26 heteroatoms. The lowest BCUT2D eigenvalue weighted by Gasteiger charge is -2.18. The quantitative estimate of drug-likeness (QED) is 0.0641. The Bertz CT molecular complexity index is 3100. The van der Waals surface area contributed by atoms with Crippen LogP contribution in [0.3, 0.4) is 0 Å². The summed E-state index contributed by atoms with van der Waals surface area (Å²) in [5.41, 5.74) is -8.07. The summed E-state index contributed by atoms with van der Waals surface area (Å²) in [4.78, 5) is 60.9. The Morgan fingerprint density at radius 2 is 0.942 bits per heavy atom. The van der Waals surface area contributed by atoms with Gasteiger partial charge >= 0.3 is 36.1 Å². The zero-order valence-corrected chi connectivity index (χ0v) is 35.1. The number of halogens is 12. The number of nitrogens with two attached hydrogens (primary N) is 1. The topological polar surface area (TPSA) is 176 Å². The van der Waals surface area contributed by atoms with Crippen molar-refractivity contribution in [2.75, 3.05) is 5.73 Å². The molecule has 0 saturated carbocycles. The zero-order chi connectivity index (χ0) is 51.0. The maximum atomic E-state index is 13.3. The van der Waals surface area contributed by atoms with E-state index in [4.69, 9.17) is 15.2 Å². The number of hydrogen-bond donors (Lipinski definition) is 1. The van der Waals surface area contributed by atoms with E-state index in [9.17, 15) is 82.0 Å². The van der Waals surface area contributed by atoms with Gasteiger partial charge in [-0.1, -0.05) is 43.8 Å². The molecule has 0 spiro atoms. The van der Waals surface area contributed by atoms with Crippen molar-refractivity contribution in [2.45, 2.75) is 59.2 Å². The van der Waals surface area contributed by atoms with E-state index in [1.165, 1.54) is 36.4 Å². The molecule has 2 aromatic heterocycles. The van der Waals surface area contributed by atoms with Crippen LogP contribution in [0, 0.1) is 24.0 Å². The van der Waals surface area contributed by atoms with E-state index in [0.717, 1.165) is 76.5 Å². The van der Waals surface area contributed by atoms with Gasteiger partial charge in [-0.3, -0.25) is 28.8 Å². The molecule has 0 amide bonds. The van der Waals surface area contributed by atoms with E-state index in [1.807, 2.05) is 0 Å². The highest BCUT2D eigenvalue weighted by Crippen LogP contribution is 2.36. The fraction of sp³-hybridized carbons (Fsp3) is 0.256. The molecule has 0 aliphatic carbocycles. The maximum absolute atomic E-state index is 13.3. The molecule has 0 aliphatic rings. The highest BCUT2D eigenvalue weighted by Gasteiger charge is 2.40. The minimum Gasteiger partial charge on any atom is -0.489 e. The highest BCUT2D eigenvalue weighted by atomic mass is 19.4. The molecule has 6 aromatic rings. The molecule has 0 atom stereocenters.